The molecule has 7 nitrogen and oxygen atoms in total. The monoisotopic (exact) mass is 355 g/mol. The summed E-state index contributed by atoms with van der Waals surface area (Å²) in [5.74, 6) is -0.263. The lowest BCUT2D eigenvalue weighted by Crippen LogP contribution is -2.28. The molecule has 3 rings (SSSR count). The first-order chi connectivity index (χ1) is 10.9. The van der Waals surface area contributed by atoms with E-state index in [1.165, 1.54) is 38.5 Å². The number of carbonyl (C=O) groups is 1. The van der Waals surface area contributed by atoms with Crippen LogP contribution >= 0.6 is 11.3 Å². The molecule has 9 heteroatoms. The van der Waals surface area contributed by atoms with Crippen molar-refractivity contribution in [1.29, 1.82) is 0 Å². The molecule has 0 aromatic carbocycles. The molecule has 23 heavy (non-hydrogen) atoms. The molecule has 0 unspecified atom stereocenters. The lowest BCUT2D eigenvalue weighted by molar-refractivity contribution is -0.0762. The van der Waals surface area contributed by atoms with Gasteiger partial charge in [0.25, 0.3) is 5.91 Å². The van der Waals surface area contributed by atoms with E-state index in [9.17, 15) is 13.2 Å². The number of aromatic nitrogens is 2. The van der Waals surface area contributed by atoms with Crippen molar-refractivity contribution in [2.75, 3.05) is 19.9 Å². The number of hydrogen-bond acceptors (Lipinski definition) is 7. The Kier molecular flexibility index (Phi) is 4.11. The number of hydroxylamine groups is 2. The zero-order chi connectivity index (χ0) is 16.8. The third-order valence-electron chi connectivity index (χ3n) is 3.77. The highest BCUT2D eigenvalue weighted by Gasteiger charge is 2.30. The number of amides is 1. The molecule has 0 atom stereocenters. The van der Waals surface area contributed by atoms with Gasteiger partial charge in [0, 0.05) is 13.0 Å². The van der Waals surface area contributed by atoms with Crippen LogP contribution in [0.25, 0.3) is 10.3 Å². The molecule has 2 heterocycles. The van der Waals surface area contributed by atoms with Gasteiger partial charge in [0.05, 0.1) is 17.9 Å². The van der Waals surface area contributed by atoms with Crippen LogP contribution in [0.5, 0.6) is 0 Å². The number of pyridine rings is 1. The fourth-order valence-electron chi connectivity index (χ4n) is 2.15. The number of nitrogens with zero attached hydrogens (tertiary/aromatic N) is 3. The van der Waals surface area contributed by atoms with Gasteiger partial charge in [-0.05, 0) is 18.9 Å². The van der Waals surface area contributed by atoms with Gasteiger partial charge in [-0.2, -0.15) is 0 Å². The summed E-state index contributed by atoms with van der Waals surface area (Å²) in [6.07, 6.45) is 2.19. The maximum Gasteiger partial charge on any atom is 0.297 e. The Morgan fingerprint density at radius 3 is 2.70 bits per heavy atom. The minimum absolute atomic E-state index is 0.0888. The van der Waals surface area contributed by atoms with Gasteiger partial charge < -0.3 is 0 Å². The van der Waals surface area contributed by atoms with Crippen molar-refractivity contribution >= 4 is 37.4 Å². The lowest BCUT2D eigenvalue weighted by Gasteiger charge is -2.15. The highest BCUT2D eigenvalue weighted by Crippen LogP contribution is 2.43. The molecular formula is C14H17N3O4S2. The molecule has 1 aliphatic rings. The summed E-state index contributed by atoms with van der Waals surface area (Å²) in [5.41, 5.74) is 0.412. The Labute approximate surface area is 138 Å². The zero-order valence-electron chi connectivity index (χ0n) is 13.1. The molecule has 0 N–H and O–H groups in total. The quantitative estimate of drug-likeness (QED) is 0.762. The SMILES string of the molecule is CCS(=O)(=O)c1cc2nc(C3CC3)sc2nc1C(=O)N(C)OC. The molecule has 2 aromatic rings. The highest BCUT2D eigenvalue weighted by molar-refractivity contribution is 7.91. The Bertz CT molecular complexity index is 872. The Morgan fingerprint density at radius 1 is 1.43 bits per heavy atom. The van der Waals surface area contributed by atoms with E-state index in [0.717, 1.165) is 22.9 Å². The number of fused-ring (bicyclic) bond motifs is 1. The topological polar surface area (TPSA) is 89.5 Å². The maximum absolute atomic E-state index is 12.4. The molecule has 1 aliphatic carbocycles. The van der Waals surface area contributed by atoms with Crippen molar-refractivity contribution in [3.8, 4) is 0 Å². The van der Waals surface area contributed by atoms with Crippen molar-refractivity contribution in [1.82, 2.24) is 15.0 Å². The van der Waals surface area contributed by atoms with Crippen LogP contribution in [0.3, 0.4) is 0 Å². The second-order valence-electron chi connectivity index (χ2n) is 5.37. The minimum Gasteiger partial charge on any atom is -0.274 e. The van der Waals surface area contributed by atoms with E-state index >= 15 is 0 Å². The molecule has 1 saturated carbocycles. The van der Waals surface area contributed by atoms with Gasteiger partial charge in [-0.3, -0.25) is 9.63 Å². The van der Waals surface area contributed by atoms with Crippen LogP contribution in [-0.2, 0) is 14.7 Å². The van der Waals surface area contributed by atoms with Gasteiger partial charge in [-0.25, -0.2) is 23.4 Å². The van der Waals surface area contributed by atoms with Crippen LogP contribution in [0.4, 0.5) is 0 Å². The average Bonchev–Trinajstić information content (AvgIpc) is 3.31. The van der Waals surface area contributed by atoms with E-state index in [2.05, 4.69) is 9.97 Å². The van der Waals surface area contributed by atoms with E-state index in [0.29, 0.717) is 16.3 Å². The van der Waals surface area contributed by atoms with Crippen LogP contribution in [-0.4, -0.2) is 49.3 Å². The first-order valence-corrected chi connectivity index (χ1v) is 9.70. The summed E-state index contributed by atoms with van der Waals surface area (Å²) in [5, 5.41) is 1.92. The minimum atomic E-state index is -3.60. The highest BCUT2D eigenvalue weighted by atomic mass is 32.2. The van der Waals surface area contributed by atoms with Crippen molar-refractivity contribution < 1.29 is 18.0 Å². The summed E-state index contributed by atoms with van der Waals surface area (Å²) in [7, 11) is -0.852. The zero-order valence-corrected chi connectivity index (χ0v) is 14.7. The van der Waals surface area contributed by atoms with Crippen LogP contribution in [0.15, 0.2) is 11.0 Å². The second-order valence-corrected chi connectivity index (χ2v) is 8.63. The molecule has 0 radical (unpaired) electrons. The van der Waals surface area contributed by atoms with Gasteiger partial charge in [0.15, 0.2) is 15.5 Å². The number of sulfone groups is 1. The number of rotatable bonds is 5. The third-order valence-corrected chi connectivity index (χ3v) is 6.64. The molecule has 2 aromatic heterocycles. The number of carbonyl (C=O) groups excluding carboxylic acids is 1. The molecule has 1 fully saturated rings. The fraction of sp³-hybridized carbons (Fsp3) is 0.500. The summed E-state index contributed by atoms with van der Waals surface area (Å²) >= 11 is 1.42. The first kappa shape index (κ1) is 16.3. The van der Waals surface area contributed by atoms with E-state index in [-0.39, 0.29) is 16.3 Å². The van der Waals surface area contributed by atoms with Gasteiger partial charge >= 0.3 is 0 Å². The smallest absolute Gasteiger partial charge is 0.274 e. The number of thiazole rings is 1. The molecule has 0 saturated heterocycles. The van der Waals surface area contributed by atoms with Crippen LogP contribution in [0.2, 0.25) is 0 Å². The second kappa shape index (κ2) is 5.81. The largest absolute Gasteiger partial charge is 0.297 e. The van der Waals surface area contributed by atoms with Crippen LogP contribution < -0.4 is 0 Å². The molecule has 0 aliphatic heterocycles. The van der Waals surface area contributed by atoms with E-state index < -0.39 is 15.7 Å². The van der Waals surface area contributed by atoms with Gasteiger partial charge in [-0.15, -0.1) is 0 Å². The van der Waals surface area contributed by atoms with Gasteiger partial charge in [0.2, 0.25) is 0 Å². The summed E-state index contributed by atoms with van der Waals surface area (Å²) in [6.45, 7) is 1.53. The maximum atomic E-state index is 12.4. The third kappa shape index (κ3) is 2.96. The fourth-order valence-corrected chi connectivity index (χ4v) is 4.27. The molecule has 1 amide bonds. The van der Waals surface area contributed by atoms with Crippen LogP contribution in [0.1, 0.15) is 41.2 Å². The Morgan fingerprint density at radius 2 is 2.13 bits per heavy atom. The predicted molar refractivity (Wildman–Crippen MR) is 86.2 cm³/mol. The number of hydrogen-bond donors (Lipinski definition) is 0. The van der Waals surface area contributed by atoms with Crippen molar-refractivity contribution in [3.63, 3.8) is 0 Å². The summed E-state index contributed by atoms with van der Waals surface area (Å²) < 4.78 is 24.7. The Balaban J connectivity index is 2.21. The summed E-state index contributed by atoms with van der Waals surface area (Å²) in [4.78, 5) is 26.6. The average molecular weight is 355 g/mol. The van der Waals surface area contributed by atoms with Crippen LogP contribution in [0, 0.1) is 0 Å². The first-order valence-electron chi connectivity index (χ1n) is 7.23. The summed E-state index contributed by atoms with van der Waals surface area (Å²) in [6, 6.07) is 1.46. The van der Waals surface area contributed by atoms with E-state index in [4.69, 9.17) is 4.84 Å². The molecule has 0 spiro atoms. The van der Waals surface area contributed by atoms with Crippen molar-refractivity contribution in [2.45, 2.75) is 30.6 Å². The van der Waals surface area contributed by atoms with Crippen molar-refractivity contribution in [2.24, 2.45) is 0 Å². The van der Waals surface area contributed by atoms with E-state index in [1.807, 2.05) is 0 Å². The molecule has 124 valence electrons. The van der Waals surface area contributed by atoms with Gasteiger partial charge in [0.1, 0.15) is 15.2 Å². The molecule has 0 bridgehead atoms. The molecular weight excluding hydrogens is 338 g/mol. The van der Waals surface area contributed by atoms with Crippen molar-refractivity contribution in [3.05, 3.63) is 16.8 Å². The Hall–Kier alpha value is -1.58. The lowest BCUT2D eigenvalue weighted by atomic mass is 10.3. The van der Waals surface area contributed by atoms with E-state index in [1.54, 1.807) is 0 Å². The van der Waals surface area contributed by atoms with Gasteiger partial charge in [-0.1, -0.05) is 18.3 Å². The predicted octanol–water partition coefficient (Wildman–Crippen LogP) is 2.00. The normalized spacial score (nSPS) is 15.1. The standard InChI is InChI=1S/C14H17N3O4S2/c1-4-23(19,20)10-7-9-13(22-12(15-9)8-5-6-8)16-11(10)14(18)17(2)21-3/h7-8H,4-6H2,1-3H3.